The van der Waals surface area contributed by atoms with E-state index in [1.54, 1.807) is 0 Å². The van der Waals surface area contributed by atoms with Crippen LogP contribution in [0.1, 0.15) is 65.7 Å². The molecule has 1 aliphatic heterocycles. The lowest BCUT2D eigenvalue weighted by atomic mass is 9.57. The van der Waals surface area contributed by atoms with E-state index in [0.29, 0.717) is 30.6 Å². The molecular formula is C25H34O3. The third-order valence-corrected chi connectivity index (χ3v) is 8.91. The van der Waals surface area contributed by atoms with Gasteiger partial charge in [-0.2, -0.15) is 0 Å². The Kier molecular flexibility index (Phi) is 4.30. The van der Waals surface area contributed by atoms with Gasteiger partial charge in [0.15, 0.2) is 5.78 Å². The van der Waals surface area contributed by atoms with Gasteiger partial charge < -0.3 is 9.84 Å². The number of ketones is 1. The molecule has 1 heterocycles. The third-order valence-electron chi connectivity index (χ3n) is 8.91. The maximum Gasteiger partial charge on any atom is 0.159 e. The minimum Gasteiger partial charge on any atom is -0.393 e. The van der Waals surface area contributed by atoms with Gasteiger partial charge in [-0.05, 0) is 82.1 Å². The number of carbonyl (C=O) groups is 1. The maximum absolute atomic E-state index is 13.1. The average molecular weight is 383 g/mol. The molecule has 0 radical (unpaired) electrons. The second kappa shape index (κ2) is 6.40. The van der Waals surface area contributed by atoms with Gasteiger partial charge in [-0.25, -0.2) is 0 Å². The van der Waals surface area contributed by atoms with Crippen LogP contribution in [0.2, 0.25) is 0 Å². The molecule has 0 aromatic carbocycles. The van der Waals surface area contributed by atoms with Crippen molar-refractivity contribution in [2.75, 3.05) is 0 Å². The summed E-state index contributed by atoms with van der Waals surface area (Å²) in [7, 11) is 0. The molecule has 2 saturated carbocycles. The third kappa shape index (κ3) is 2.65. The van der Waals surface area contributed by atoms with E-state index in [2.05, 4.69) is 39.0 Å². The summed E-state index contributed by atoms with van der Waals surface area (Å²) in [4.78, 5) is 13.1. The molecule has 0 amide bonds. The summed E-state index contributed by atoms with van der Waals surface area (Å²) in [5.41, 5.74) is 3.04. The molecule has 0 aromatic heterocycles. The maximum atomic E-state index is 13.1. The van der Waals surface area contributed by atoms with Gasteiger partial charge in [0.05, 0.1) is 11.7 Å². The molecule has 3 fully saturated rings. The standard InChI is InChI=1S/C25H34O3/c1-4-5-23-25(3,28-23)22-9-8-20-19-14-21(27)16-12-15(6-7-17(26)13-16)18(19)10-11-24(20,22)2/h4-6,14,16-18,20,22-23,26H,7-13H2,1-3H3/b5-4+/t16-,17+,18-,20+,22+,23?,24+,25-/m1/s1. The molecule has 0 aromatic rings. The summed E-state index contributed by atoms with van der Waals surface area (Å²) in [6.07, 6.45) is 15.4. The molecule has 28 heavy (non-hydrogen) atoms. The van der Waals surface area contributed by atoms with Crippen LogP contribution in [-0.2, 0) is 9.53 Å². The molecule has 5 aliphatic rings. The SMILES string of the molecule is C/C=C/C1O[C@]1(C)[C@H]1CC[C@H]2C3=CC(=O)[C@@H]4CC(=CC[C@H](O)C4)[C@H]3CC[C@@]21C. The lowest BCUT2D eigenvalue weighted by Gasteiger charge is -2.47. The van der Waals surface area contributed by atoms with E-state index < -0.39 is 0 Å². The van der Waals surface area contributed by atoms with Gasteiger partial charge in [-0.1, -0.05) is 36.3 Å². The van der Waals surface area contributed by atoms with Gasteiger partial charge in [0.2, 0.25) is 0 Å². The Morgan fingerprint density at radius 2 is 2.07 bits per heavy atom. The van der Waals surface area contributed by atoms with E-state index in [9.17, 15) is 9.90 Å². The van der Waals surface area contributed by atoms with Crippen LogP contribution in [0.3, 0.4) is 0 Å². The van der Waals surface area contributed by atoms with Crippen molar-refractivity contribution in [2.24, 2.45) is 29.1 Å². The fraction of sp³-hybridized carbons (Fsp3) is 0.720. The number of fused-ring (bicyclic) bond motifs is 6. The second-order valence-electron chi connectivity index (χ2n) is 10.4. The first kappa shape index (κ1) is 18.8. The molecule has 8 atom stereocenters. The van der Waals surface area contributed by atoms with Crippen molar-refractivity contribution in [1.29, 1.82) is 0 Å². The van der Waals surface area contributed by atoms with Crippen LogP contribution in [0.5, 0.6) is 0 Å². The van der Waals surface area contributed by atoms with E-state index in [0.717, 1.165) is 12.8 Å². The molecule has 1 N–H and O–H groups in total. The highest BCUT2D eigenvalue weighted by atomic mass is 16.6. The van der Waals surface area contributed by atoms with Crippen LogP contribution in [0.15, 0.2) is 35.5 Å². The smallest absolute Gasteiger partial charge is 0.159 e. The van der Waals surface area contributed by atoms with Crippen molar-refractivity contribution in [3.05, 3.63) is 35.5 Å². The zero-order chi connectivity index (χ0) is 19.7. The van der Waals surface area contributed by atoms with Crippen LogP contribution in [-0.4, -0.2) is 28.7 Å². The largest absolute Gasteiger partial charge is 0.393 e. The number of hydrogen-bond acceptors (Lipinski definition) is 3. The molecule has 3 heteroatoms. The summed E-state index contributed by atoms with van der Waals surface area (Å²) in [6.45, 7) is 6.84. The van der Waals surface area contributed by atoms with Gasteiger partial charge >= 0.3 is 0 Å². The van der Waals surface area contributed by atoms with Crippen LogP contribution < -0.4 is 0 Å². The van der Waals surface area contributed by atoms with Crippen LogP contribution in [0, 0.1) is 29.1 Å². The first-order chi connectivity index (χ1) is 13.4. The monoisotopic (exact) mass is 382 g/mol. The van der Waals surface area contributed by atoms with Crippen molar-refractivity contribution >= 4 is 5.78 Å². The molecule has 5 rings (SSSR count). The van der Waals surface area contributed by atoms with Crippen LogP contribution >= 0.6 is 0 Å². The fourth-order valence-corrected chi connectivity index (χ4v) is 7.41. The topological polar surface area (TPSA) is 49.8 Å². The molecule has 3 nitrogen and oxygen atoms in total. The summed E-state index contributed by atoms with van der Waals surface area (Å²) < 4.78 is 6.21. The molecule has 1 unspecified atom stereocenters. The summed E-state index contributed by atoms with van der Waals surface area (Å²) in [5, 5.41) is 10.2. The Labute approximate surface area is 168 Å². The Bertz CT molecular complexity index is 777. The molecule has 2 bridgehead atoms. The minimum absolute atomic E-state index is 0.0198. The number of aliphatic hydroxyl groups excluding tert-OH is 1. The summed E-state index contributed by atoms with van der Waals surface area (Å²) >= 11 is 0. The Morgan fingerprint density at radius 3 is 2.86 bits per heavy atom. The summed E-state index contributed by atoms with van der Waals surface area (Å²) in [5.74, 6) is 1.73. The highest BCUT2D eigenvalue weighted by molar-refractivity contribution is 5.93. The number of ether oxygens (including phenoxy) is 1. The number of aliphatic hydroxyl groups is 1. The number of allylic oxidation sites excluding steroid dienone is 4. The van der Waals surface area contributed by atoms with E-state index in [1.165, 1.54) is 30.4 Å². The minimum atomic E-state index is -0.360. The van der Waals surface area contributed by atoms with E-state index in [4.69, 9.17) is 4.74 Å². The van der Waals surface area contributed by atoms with Gasteiger partial charge in [0.1, 0.15) is 6.10 Å². The van der Waals surface area contributed by atoms with E-state index in [1.807, 2.05) is 6.08 Å². The van der Waals surface area contributed by atoms with Crippen molar-refractivity contribution in [1.82, 2.24) is 0 Å². The fourth-order valence-electron chi connectivity index (χ4n) is 7.41. The highest BCUT2D eigenvalue weighted by Gasteiger charge is 2.65. The van der Waals surface area contributed by atoms with Crippen molar-refractivity contribution in [3.63, 3.8) is 0 Å². The normalized spacial score (nSPS) is 50.4. The first-order valence-corrected chi connectivity index (χ1v) is 11.3. The Morgan fingerprint density at radius 1 is 1.25 bits per heavy atom. The van der Waals surface area contributed by atoms with Crippen LogP contribution in [0.25, 0.3) is 0 Å². The Balaban J connectivity index is 1.48. The number of epoxide rings is 1. The number of hydrogen-bond donors (Lipinski definition) is 1. The average Bonchev–Trinajstić information content (AvgIpc) is 3.25. The predicted molar refractivity (Wildman–Crippen MR) is 110 cm³/mol. The zero-order valence-electron chi connectivity index (χ0n) is 17.5. The van der Waals surface area contributed by atoms with Gasteiger partial charge in [-0.15, -0.1) is 0 Å². The van der Waals surface area contributed by atoms with Gasteiger partial charge in [0.25, 0.3) is 0 Å². The number of rotatable bonds is 2. The zero-order valence-corrected chi connectivity index (χ0v) is 17.5. The van der Waals surface area contributed by atoms with Gasteiger partial charge in [0, 0.05) is 11.8 Å². The van der Waals surface area contributed by atoms with Crippen molar-refractivity contribution in [3.8, 4) is 0 Å². The molecule has 4 aliphatic carbocycles. The molecule has 1 saturated heterocycles. The van der Waals surface area contributed by atoms with Crippen LogP contribution in [0.4, 0.5) is 0 Å². The quantitative estimate of drug-likeness (QED) is 0.553. The second-order valence-corrected chi connectivity index (χ2v) is 10.4. The predicted octanol–water partition coefficient (Wildman–Crippen LogP) is 4.76. The molecular weight excluding hydrogens is 348 g/mol. The van der Waals surface area contributed by atoms with Crippen molar-refractivity contribution < 1.29 is 14.6 Å². The summed E-state index contributed by atoms with van der Waals surface area (Å²) in [6, 6.07) is 0. The number of carbonyl (C=O) groups excluding carboxylic acids is 1. The Hall–Kier alpha value is -1.19. The molecule has 152 valence electrons. The van der Waals surface area contributed by atoms with E-state index >= 15 is 0 Å². The first-order valence-electron chi connectivity index (χ1n) is 11.3. The lowest BCUT2D eigenvalue weighted by molar-refractivity contribution is -0.119. The lowest BCUT2D eigenvalue weighted by Crippen LogP contribution is -2.42. The van der Waals surface area contributed by atoms with Crippen molar-refractivity contribution in [2.45, 2.75) is 83.5 Å². The van der Waals surface area contributed by atoms with E-state index in [-0.39, 0.29) is 34.9 Å². The molecule has 0 spiro atoms. The highest BCUT2D eigenvalue weighted by Crippen LogP contribution is 2.66. The van der Waals surface area contributed by atoms with Gasteiger partial charge in [-0.3, -0.25) is 4.79 Å².